The van der Waals surface area contributed by atoms with Crippen LogP contribution < -0.4 is 0 Å². The number of hydrogen-bond acceptors (Lipinski definition) is 4. The van der Waals surface area contributed by atoms with Crippen molar-refractivity contribution in [2.45, 2.75) is 10.9 Å². The smallest absolute Gasteiger partial charge is 0.196 e. The summed E-state index contributed by atoms with van der Waals surface area (Å²) in [5, 5.41) is 19.6. The van der Waals surface area contributed by atoms with Gasteiger partial charge in [-0.15, -0.1) is 10.2 Å². The molecular weight excluding hydrogens is 388 g/mol. The van der Waals surface area contributed by atoms with Crippen molar-refractivity contribution in [2.24, 2.45) is 0 Å². The predicted octanol–water partition coefficient (Wildman–Crippen LogP) is 5.75. The van der Waals surface area contributed by atoms with Crippen LogP contribution in [0, 0.1) is 11.3 Å². The van der Waals surface area contributed by atoms with E-state index in [9.17, 15) is 5.26 Å². The van der Waals surface area contributed by atoms with E-state index in [2.05, 4.69) is 16.3 Å². The maximum atomic E-state index is 9.32. The molecule has 0 aliphatic carbocycles. The summed E-state index contributed by atoms with van der Waals surface area (Å²) >= 11 is 7.62. The monoisotopic (exact) mass is 402 g/mol. The van der Waals surface area contributed by atoms with Gasteiger partial charge in [-0.05, 0) is 35.9 Å². The van der Waals surface area contributed by atoms with Crippen molar-refractivity contribution in [2.75, 3.05) is 0 Å². The third-order valence-corrected chi connectivity index (χ3v) is 5.47. The van der Waals surface area contributed by atoms with E-state index in [1.54, 1.807) is 11.8 Å². The van der Waals surface area contributed by atoms with Crippen molar-refractivity contribution >= 4 is 23.4 Å². The molecule has 0 N–H and O–H groups in total. The average Bonchev–Trinajstić information content (AvgIpc) is 3.17. The summed E-state index contributed by atoms with van der Waals surface area (Å²) in [5.41, 5.74) is 3.57. The quantitative estimate of drug-likeness (QED) is 0.399. The van der Waals surface area contributed by atoms with E-state index in [0.29, 0.717) is 16.3 Å². The molecule has 0 spiro atoms. The zero-order valence-electron chi connectivity index (χ0n) is 14.8. The molecule has 1 heterocycles. The Balaban J connectivity index is 1.74. The highest BCUT2D eigenvalue weighted by Crippen LogP contribution is 2.30. The van der Waals surface area contributed by atoms with Crippen LogP contribution in [0.25, 0.3) is 17.1 Å². The topological polar surface area (TPSA) is 54.5 Å². The molecule has 3 aromatic carbocycles. The van der Waals surface area contributed by atoms with Crippen molar-refractivity contribution in [1.29, 1.82) is 5.26 Å². The molecule has 0 aliphatic rings. The van der Waals surface area contributed by atoms with Gasteiger partial charge in [-0.2, -0.15) is 5.26 Å². The van der Waals surface area contributed by atoms with Gasteiger partial charge in [0.05, 0.1) is 11.6 Å². The minimum Gasteiger partial charge on any atom is -0.270 e. The zero-order chi connectivity index (χ0) is 19.3. The van der Waals surface area contributed by atoms with Gasteiger partial charge in [0.2, 0.25) is 0 Å². The summed E-state index contributed by atoms with van der Waals surface area (Å²) in [5.74, 6) is 1.39. The van der Waals surface area contributed by atoms with Gasteiger partial charge >= 0.3 is 0 Å². The lowest BCUT2D eigenvalue weighted by atomic mass is 10.1. The van der Waals surface area contributed by atoms with Gasteiger partial charge in [0.25, 0.3) is 0 Å². The highest BCUT2D eigenvalue weighted by atomic mass is 35.5. The number of nitrogens with zero attached hydrogens (tertiary/aromatic N) is 4. The average molecular weight is 403 g/mol. The largest absolute Gasteiger partial charge is 0.270 e. The van der Waals surface area contributed by atoms with Crippen LogP contribution in [0.3, 0.4) is 0 Å². The van der Waals surface area contributed by atoms with Gasteiger partial charge in [-0.3, -0.25) is 4.57 Å². The zero-order valence-corrected chi connectivity index (χ0v) is 16.4. The SMILES string of the molecule is N#Cc1ccccc1CSc1nnc(-c2ccccc2)n1-c1ccc(Cl)cc1. The van der Waals surface area contributed by atoms with Crippen LogP contribution in [0.5, 0.6) is 0 Å². The highest BCUT2D eigenvalue weighted by molar-refractivity contribution is 7.98. The van der Waals surface area contributed by atoms with E-state index in [4.69, 9.17) is 11.6 Å². The Labute approximate surface area is 172 Å². The van der Waals surface area contributed by atoms with Crippen LogP contribution >= 0.6 is 23.4 Å². The number of benzene rings is 3. The maximum absolute atomic E-state index is 9.32. The first-order chi connectivity index (χ1) is 13.8. The molecule has 0 unspecified atom stereocenters. The van der Waals surface area contributed by atoms with Crippen LogP contribution in [-0.4, -0.2) is 14.8 Å². The fourth-order valence-electron chi connectivity index (χ4n) is 2.86. The molecule has 0 fully saturated rings. The van der Waals surface area contributed by atoms with Crippen LogP contribution in [0.1, 0.15) is 11.1 Å². The molecule has 1 aromatic heterocycles. The van der Waals surface area contributed by atoms with Gasteiger partial charge in [0, 0.05) is 22.0 Å². The molecule has 0 aliphatic heterocycles. The lowest BCUT2D eigenvalue weighted by Crippen LogP contribution is -2.00. The molecule has 136 valence electrons. The van der Waals surface area contributed by atoms with Crippen molar-refractivity contribution in [3.05, 3.63) is 95.0 Å². The number of halogens is 1. The second-order valence-corrected chi connectivity index (χ2v) is 7.42. The second-order valence-electron chi connectivity index (χ2n) is 6.04. The Hall–Kier alpha value is -3.07. The molecule has 0 amide bonds. The number of thioether (sulfide) groups is 1. The Morgan fingerprint density at radius 3 is 2.36 bits per heavy atom. The second kappa shape index (κ2) is 8.30. The molecule has 0 radical (unpaired) electrons. The van der Waals surface area contributed by atoms with Crippen molar-refractivity contribution in [3.8, 4) is 23.1 Å². The molecule has 6 heteroatoms. The Morgan fingerprint density at radius 2 is 1.61 bits per heavy atom. The maximum Gasteiger partial charge on any atom is 0.196 e. The Kier molecular flexibility index (Phi) is 5.43. The summed E-state index contributed by atoms with van der Waals surface area (Å²) in [4.78, 5) is 0. The summed E-state index contributed by atoms with van der Waals surface area (Å²) in [7, 11) is 0. The molecule has 0 bridgehead atoms. The van der Waals surface area contributed by atoms with Crippen LogP contribution in [-0.2, 0) is 5.75 Å². The van der Waals surface area contributed by atoms with Crippen molar-refractivity contribution in [3.63, 3.8) is 0 Å². The summed E-state index contributed by atoms with van der Waals surface area (Å²) < 4.78 is 2.02. The normalized spacial score (nSPS) is 10.6. The van der Waals surface area contributed by atoms with Crippen LogP contribution in [0.15, 0.2) is 84.0 Å². The first kappa shape index (κ1) is 18.3. The lowest BCUT2D eigenvalue weighted by Gasteiger charge is -2.11. The predicted molar refractivity (Wildman–Crippen MR) is 113 cm³/mol. The number of rotatable bonds is 5. The summed E-state index contributed by atoms with van der Waals surface area (Å²) in [6.07, 6.45) is 0. The first-order valence-corrected chi connectivity index (χ1v) is 10.00. The minimum absolute atomic E-state index is 0.629. The van der Waals surface area contributed by atoms with Gasteiger partial charge in [-0.1, -0.05) is 71.9 Å². The molecule has 0 atom stereocenters. The van der Waals surface area contributed by atoms with E-state index in [1.165, 1.54) is 0 Å². The van der Waals surface area contributed by atoms with Crippen LogP contribution in [0.4, 0.5) is 0 Å². The summed E-state index contributed by atoms with van der Waals surface area (Å²) in [6, 6.07) is 27.4. The molecular formula is C22H15ClN4S. The standard InChI is InChI=1S/C22H15ClN4S/c23-19-10-12-20(13-11-19)27-21(16-6-2-1-3-7-16)25-26-22(27)28-15-18-9-5-4-8-17(18)14-24/h1-13H,15H2. The van der Waals surface area contributed by atoms with Gasteiger partial charge in [0.1, 0.15) is 0 Å². The molecule has 28 heavy (non-hydrogen) atoms. The van der Waals surface area contributed by atoms with Crippen LogP contribution in [0.2, 0.25) is 5.02 Å². The summed E-state index contributed by atoms with van der Waals surface area (Å²) in [6.45, 7) is 0. The first-order valence-electron chi connectivity index (χ1n) is 8.64. The van der Waals surface area contributed by atoms with E-state index in [0.717, 1.165) is 27.8 Å². The van der Waals surface area contributed by atoms with Crippen molar-refractivity contribution < 1.29 is 0 Å². The molecule has 0 saturated carbocycles. The van der Waals surface area contributed by atoms with E-state index in [1.807, 2.05) is 83.4 Å². The third-order valence-electron chi connectivity index (χ3n) is 4.24. The Bertz CT molecular complexity index is 1130. The van der Waals surface area contributed by atoms with E-state index < -0.39 is 0 Å². The molecule has 4 rings (SSSR count). The number of aromatic nitrogens is 3. The molecule has 0 saturated heterocycles. The lowest BCUT2D eigenvalue weighted by molar-refractivity contribution is 0.886. The minimum atomic E-state index is 0.629. The molecule has 4 aromatic rings. The number of nitriles is 1. The Morgan fingerprint density at radius 1 is 0.893 bits per heavy atom. The van der Waals surface area contributed by atoms with E-state index in [-0.39, 0.29) is 0 Å². The highest BCUT2D eigenvalue weighted by Gasteiger charge is 2.16. The molecule has 4 nitrogen and oxygen atoms in total. The van der Waals surface area contributed by atoms with Gasteiger partial charge in [0.15, 0.2) is 11.0 Å². The fraction of sp³-hybridized carbons (Fsp3) is 0.0455. The van der Waals surface area contributed by atoms with Gasteiger partial charge in [-0.25, -0.2) is 0 Å². The third kappa shape index (κ3) is 3.79. The van der Waals surface area contributed by atoms with E-state index >= 15 is 0 Å². The number of hydrogen-bond donors (Lipinski definition) is 0. The van der Waals surface area contributed by atoms with Crippen molar-refractivity contribution in [1.82, 2.24) is 14.8 Å². The fourth-order valence-corrected chi connectivity index (χ4v) is 3.94. The van der Waals surface area contributed by atoms with Gasteiger partial charge < -0.3 is 0 Å².